The minimum atomic E-state index is -0.106. The lowest BCUT2D eigenvalue weighted by molar-refractivity contribution is 0.0519. The number of anilines is 4. The lowest BCUT2D eigenvalue weighted by atomic mass is 10.1. The van der Waals surface area contributed by atoms with Crippen LogP contribution in [-0.4, -0.2) is 66.9 Å². The van der Waals surface area contributed by atoms with Gasteiger partial charge in [0.05, 0.1) is 26.4 Å². The highest BCUT2D eigenvalue weighted by molar-refractivity contribution is 5.94. The fourth-order valence-corrected chi connectivity index (χ4v) is 3.20. The zero-order chi connectivity index (χ0) is 26.1. The maximum absolute atomic E-state index is 12.0. The molecule has 3 rings (SSSR count). The van der Waals surface area contributed by atoms with Crippen molar-refractivity contribution in [1.29, 1.82) is 0 Å². The number of rotatable bonds is 17. The Morgan fingerprint density at radius 2 is 1.30 bits per heavy atom. The van der Waals surface area contributed by atoms with Crippen LogP contribution in [-0.2, 0) is 9.47 Å². The highest BCUT2D eigenvalue weighted by Crippen LogP contribution is 2.15. The third-order valence-corrected chi connectivity index (χ3v) is 5.14. The van der Waals surface area contributed by atoms with E-state index >= 15 is 0 Å². The molecule has 0 unspecified atom stereocenters. The molecule has 37 heavy (non-hydrogen) atoms. The van der Waals surface area contributed by atoms with Crippen LogP contribution in [0.1, 0.15) is 30.6 Å². The predicted octanol–water partition coefficient (Wildman–Crippen LogP) is 3.95. The van der Waals surface area contributed by atoms with Crippen molar-refractivity contribution in [2.75, 3.05) is 62.0 Å². The van der Waals surface area contributed by atoms with Crippen molar-refractivity contribution in [2.45, 2.75) is 20.3 Å². The number of amides is 1. The van der Waals surface area contributed by atoms with Crippen LogP contribution in [0.15, 0.2) is 60.7 Å². The summed E-state index contributed by atoms with van der Waals surface area (Å²) < 4.78 is 11.1. The third-order valence-electron chi connectivity index (χ3n) is 5.14. The van der Waals surface area contributed by atoms with Crippen LogP contribution in [0.4, 0.5) is 23.5 Å². The van der Waals surface area contributed by atoms with Crippen LogP contribution < -0.4 is 21.3 Å². The van der Waals surface area contributed by atoms with Crippen LogP contribution >= 0.6 is 0 Å². The second kappa shape index (κ2) is 16.1. The van der Waals surface area contributed by atoms with Gasteiger partial charge in [-0.3, -0.25) is 4.79 Å². The molecule has 0 saturated heterocycles. The first-order valence-corrected chi connectivity index (χ1v) is 12.6. The van der Waals surface area contributed by atoms with E-state index in [1.807, 2.05) is 48.5 Å². The summed E-state index contributed by atoms with van der Waals surface area (Å²) >= 11 is 0. The van der Waals surface area contributed by atoms with E-state index in [2.05, 4.69) is 50.1 Å². The minimum Gasteiger partial charge on any atom is -0.377 e. The van der Waals surface area contributed by atoms with E-state index in [4.69, 9.17) is 9.47 Å². The first kappa shape index (κ1) is 27.8. The minimum absolute atomic E-state index is 0.106. The van der Waals surface area contributed by atoms with Crippen molar-refractivity contribution in [3.8, 4) is 0 Å². The summed E-state index contributed by atoms with van der Waals surface area (Å²) in [5.41, 5.74) is 1.54. The van der Waals surface area contributed by atoms with Crippen LogP contribution in [0.2, 0.25) is 0 Å². The van der Waals surface area contributed by atoms with E-state index in [0.29, 0.717) is 68.8 Å². The van der Waals surface area contributed by atoms with Crippen molar-refractivity contribution < 1.29 is 14.3 Å². The zero-order valence-electron chi connectivity index (χ0n) is 21.6. The Morgan fingerprint density at radius 3 is 1.95 bits per heavy atom. The van der Waals surface area contributed by atoms with Crippen LogP contribution in [0, 0.1) is 5.92 Å². The van der Waals surface area contributed by atoms with Crippen molar-refractivity contribution in [3.05, 3.63) is 66.2 Å². The Balaban J connectivity index is 1.34. The van der Waals surface area contributed by atoms with Gasteiger partial charge in [-0.1, -0.05) is 50.2 Å². The average molecular weight is 508 g/mol. The molecule has 3 aromatic rings. The van der Waals surface area contributed by atoms with Gasteiger partial charge in [0.2, 0.25) is 17.8 Å². The number of hydrogen-bond acceptors (Lipinski definition) is 9. The molecule has 0 saturated carbocycles. The summed E-state index contributed by atoms with van der Waals surface area (Å²) in [6.07, 6.45) is 1.02. The molecule has 1 aromatic heterocycles. The number of benzene rings is 2. The Labute approximate surface area is 218 Å². The zero-order valence-corrected chi connectivity index (χ0v) is 21.6. The lowest BCUT2D eigenvalue weighted by Crippen LogP contribution is -2.27. The van der Waals surface area contributed by atoms with Gasteiger partial charge < -0.3 is 30.7 Å². The molecule has 0 aliphatic rings. The molecule has 2 aromatic carbocycles. The molecular weight excluding hydrogens is 470 g/mol. The van der Waals surface area contributed by atoms with E-state index < -0.39 is 0 Å². The largest absolute Gasteiger partial charge is 0.377 e. The number of carbonyl (C=O) groups is 1. The van der Waals surface area contributed by atoms with Crippen molar-refractivity contribution >= 4 is 29.4 Å². The quantitative estimate of drug-likeness (QED) is 0.201. The van der Waals surface area contributed by atoms with Gasteiger partial charge in [-0.25, -0.2) is 0 Å². The van der Waals surface area contributed by atoms with Crippen molar-refractivity contribution in [2.24, 2.45) is 5.92 Å². The van der Waals surface area contributed by atoms with Gasteiger partial charge in [-0.2, -0.15) is 15.0 Å². The molecule has 0 atom stereocenters. The molecule has 0 aliphatic carbocycles. The highest BCUT2D eigenvalue weighted by atomic mass is 16.5. The molecule has 0 radical (unpaired) electrons. The Bertz CT molecular complexity index is 1050. The molecule has 0 aliphatic heterocycles. The Morgan fingerprint density at radius 1 is 0.730 bits per heavy atom. The maximum atomic E-state index is 12.0. The summed E-state index contributed by atoms with van der Waals surface area (Å²) in [5, 5.41) is 12.5. The smallest absolute Gasteiger partial charge is 0.251 e. The summed E-state index contributed by atoms with van der Waals surface area (Å²) in [6.45, 7) is 7.92. The molecular formula is C27H37N7O3. The summed E-state index contributed by atoms with van der Waals surface area (Å²) in [4.78, 5) is 25.4. The van der Waals surface area contributed by atoms with Crippen LogP contribution in [0.5, 0.6) is 0 Å². The van der Waals surface area contributed by atoms with Gasteiger partial charge in [0.15, 0.2) is 0 Å². The number of carbonyl (C=O) groups excluding carboxylic acids is 1. The summed E-state index contributed by atoms with van der Waals surface area (Å²) in [7, 11) is 0. The fraction of sp³-hybridized carbons (Fsp3) is 0.407. The first-order chi connectivity index (χ1) is 18.1. The standard InChI is InChI=1S/C27H37N7O3/c1-21(2)13-14-29-25-32-26(34-27(33-25)31-23-11-7-4-8-12-23)30-16-18-37-20-19-36-17-15-28-24(35)22-9-5-3-6-10-22/h3-12,21H,13-20H2,1-2H3,(H,28,35)(H3,29,30,31,32,33,34). The van der Waals surface area contributed by atoms with Gasteiger partial charge in [0.25, 0.3) is 5.91 Å². The number of ether oxygens (including phenoxy) is 2. The number of hydrogen-bond donors (Lipinski definition) is 4. The topological polar surface area (TPSA) is 122 Å². The molecule has 198 valence electrons. The molecule has 10 nitrogen and oxygen atoms in total. The lowest BCUT2D eigenvalue weighted by Gasteiger charge is -2.12. The molecule has 0 fully saturated rings. The van der Waals surface area contributed by atoms with E-state index in [1.165, 1.54) is 0 Å². The SMILES string of the molecule is CC(C)CCNc1nc(NCCOCCOCCNC(=O)c2ccccc2)nc(Nc2ccccc2)n1. The van der Waals surface area contributed by atoms with Gasteiger partial charge in [0.1, 0.15) is 0 Å². The molecule has 1 heterocycles. The molecule has 0 bridgehead atoms. The van der Waals surface area contributed by atoms with E-state index in [1.54, 1.807) is 12.1 Å². The first-order valence-electron chi connectivity index (χ1n) is 12.6. The summed E-state index contributed by atoms with van der Waals surface area (Å²) in [6, 6.07) is 18.9. The number of nitrogens with zero attached hydrogens (tertiary/aromatic N) is 3. The normalized spacial score (nSPS) is 10.8. The van der Waals surface area contributed by atoms with Gasteiger partial charge in [-0.05, 0) is 36.6 Å². The molecule has 4 N–H and O–H groups in total. The maximum Gasteiger partial charge on any atom is 0.251 e. The average Bonchev–Trinajstić information content (AvgIpc) is 2.90. The number of aromatic nitrogens is 3. The molecule has 1 amide bonds. The monoisotopic (exact) mass is 507 g/mol. The van der Waals surface area contributed by atoms with E-state index in [-0.39, 0.29) is 5.91 Å². The van der Waals surface area contributed by atoms with Crippen LogP contribution in [0.3, 0.4) is 0 Å². The van der Waals surface area contributed by atoms with Gasteiger partial charge in [0, 0.05) is 30.9 Å². The van der Waals surface area contributed by atoms with E-state index in [0.717, 1.165) is 18.7 Å². The third kappa shape index (κ3) is 11.2. The molecule has 10 heteroatoms. The second-order valence-corrected chi connectivity index (χ2v) is 8.68. The van der Waals surface area contributed by atoms with Gasteiger partial charge in [-0.15, -0.1) is 0 Å². The second-order valence-electron chi connectivity index (χ2n) is 8.68. The number of para-hydroxylation sites is 1. The Hall–Kier alpha value is -3.76. The predicted molar refractivity (Wildman–Crippen MR) is 146 cm³/mol. The summed E-state index contributed by atoms with van der Waals surface area (Å²) in [5.74, 6) is 1.93. The Kier molecular flexibility index (Phi) is 12.1. The van der Waals surface area contributed by atoms with Crippen molar-refractivity contribution in [1.82, 2.24) is 20.3 Å². The molecule has 0 spiro atoms. The highest BCUT2D eigenvalue weighted by Gasteiger charge is 2.08. The van der Waals surface area contributed by atoms with Crippen molar-refractivity contribution in [3.63, 3.8) is 0 Å². The van der Waals surface area contributed by atoms with Gasteiger partial charge >= 0.3 is 0 Å². The number of nitrogens with one attached hydrogen (secondary N) is 4. The van der Waals surface area contributed by atoms with Crippen LogP contribution in [0.25, 0.3) is 0 Å². The van der Waals surface area contributed by atoms with E-state index in [9.17, 15) is 4.79 Å². The fourth-order valence-electron chi connectivity index (χ4n) is 3.20.